The molecule has 1 N–H and O–H groups in total. The average Bonchev–Trinajstić information content (AvgIpc) is 2.41. The summed E-state index contributed by atoms with van der Waals surface area (Å²) in [5, 5.41) is 9.83. The van der Waals surface area contributed by atoms with Crippen LogP contribution in [-0.2, 0) is 10.3 Å². The van der Waals surface area contributed by atoms with Gasteiger partial charge in [-0.3, -0.25) is 0 Å². The number of hydrogen-bond donors (Lipinski definition) is 1. The molecule has 1 aliphatic carbocycles. The quantitative estimate of drug-likeness (QED) is 0.895. The summed E-state index contributed by atoms with van der Waals surface area (Å²) in [7, 11) is 4.24. The van der Waals surface area contributed by atoms with Crippen LogP contribution in [0.2, 0.25) is 0 Å². The van der Waals surface area contributed by atoms with Crippen LogP contribution < -0.4 is 0 Å². The maximum atomic E-state index is 9.83. The molecule has 0 aromatic heterocycles. The zero-order valence-electron chi connectivity index (χ0n) is 12.9. The molecule has 1 saturated carbocycles. The van der Waals surface area contributed by atoms with Gasteiger partial charge in [0.05, 0.1) is 5.60 Å². The van der Waals surface area contributed by atoms with Gasteiger partial charge in [0.1, 0.15) is 5.75 Å². The topological polar surface area (TPSA) is 32.7 Å². The number of phenols is 1. The molecule has 0 aliphatic heterocycles. The third kappa shape index (κ3) is 3.15. The summed E-state index contributed by atoms with van der Waals surface area (Å²) in [5.74, 6) is 0.809. The highest BCUT2D eigenvalue weighted by Gasteiger charge is 2.43. The molecule has 1 aromatic rings. The third-order valence-electron chi connectivity index (χ3n) is 4.33. The molecule has 0 radical (unpaired) electrons. The zero-order chi connectivity index (χ0) is 14.6. The molecule has 1 aliphatic rings. The van der Waals surface area contributed by atoms with Crippen molar-refractivity contribution in [3.8, 4) is 5.75 Å². The lowest BCUT2D eigenvalue weighted by Gasteiger charge is -2.45. The Morgan fingerprint density at radius 2 is 2.15 bits per heavy atom. The minimum atomic E-state index is -0.240. The lowest BCUT2D eigenvalue weighted by atomic mass is 9.71. The van der Waals surface area contributed by atoms with Crippen molar-refractivity contribution in [3.63, 3.8) is 0 Å². The predicted octanol–water partition coefficient (Wildman–Crippen LogP) is 3.38. The Balaban J connectivity index is 2.39. The van der Waals surface area contributed by atoms with E-state index in [1.165, 1.54) is 19.3 Å². The summed E-state index contributed by atoms with van der Waals surface area (Å²) in [6.45, 7) is 3.79. The first-order valence-corrected chi connectivity index (χ1v) is 7.66. The molecule has 0 heterocycles. The second-order valence-corrected chi connectivity index (χ2v) is 6.08. The van der Waals surface area contributed by atoms with Crippen LogP contribution in [0.5, 0.6) is 5.75 Å². The molecule has 1 fully saturated rings. The third-order valence-corrected chi connectivity index (χ3v) is 4.33. The van der Waals surface area contributed by atoms with Crippen molar-refractivity contribution >= 4 is 0 Å². The highest BCUT2D eigenvalue weighted by atomic mass is 16.5. The van der Waals surface area contributed by atoms with Gasteiger partial charge < -0.3 is 14.7 Å². The van der Waals surface area contributed by atoms with E-state index < -0.39 is 0 Å². The molecule has 2 unspecified atom stereocenters. The van der Waals surface area contributed by atoms with E-state index in [1.807, 2.05) is 12.1 Å². The first-order valence-electron chi connectivity index (χ1n) is 7.66. The van der Waals surface area contributed by atoms with Crippen LogP contribution in [0.1, 0.15) is 38.2 Å². The van der Waals surface area contributed by atoms with E-state index >= 15 is 0 Å². The Bertz CT molecular complexity index is 429. The molecular formula is C17H27NO2. The van der Waals surface area contributed by atoms with Crippen molar-refractivity contribution in [1.29, 1.82) is 0 Å². The van der Waals surface area contributed by atoms with Gasteiger partial charge in [-0.05, 0) is 51.6 Å². The van der Waals surface area contributed by atoms with Gasteiger partial charge in [-0.2, -0.15) is 0 Å². The molecule has 2 atom stereocenters. The normalized spacial score (nSPS) is 26.9. The lowest BCUT2D eigenvalue weighted by molar-refractivity contribution is -0.116. The fourth-order valence-electron chi connectivity index (χ4n) is 3.58. The van der Waals surface area contributed by atoms with Crippen molar-refractivity contribution in [2.75, 3.05) is 27.2 Å². The van der Waals surface area contributed by atoms with E-state index in [2.05, 4.69) is 32.0 Å². The molecule has 0 amide bonds. The highest BCUT2D eigenvalue weighted by Crippen LogP contribution is 2.45. The van der Waals surface area contributed by atoms with Crippen molar-refractivity contribution in [1.82, 2.24) is 4.90 Å². The van der Waals surface area contributed by atoms with E-state index in [0.717, 1.165) is 18.5 Å². The van der Waals surface area contributed by atoms with Crippen LogP contribution in [0, 0.1) is 5.92 Å². The second kappa shape index (κ2) is 6.59. The monoisotopic (exact) mass is 277 g/mol. The van der Waals surface area contributed by atoms with E-state index in [1.54, 1.807) is 6.07 Å². The predicted molar refractivity (Wildman–Crippen MR) is 81.9 cm³/mol. The Kier molecular flexibility index (Phi) is 5.06. The number of nitrogens with zero attached hydrogens (tertiary/aromatic N) is 1. The van der Waals surface area contributed by atoms with Gasteiger partial charge in [0.25, 0.3) is 0 Å². The largest absolute Gasteiger partial charge is 0.508 e. The number of hydrogen-bond acceptors (Lipinski definition) is 3. The molecule has 3 nitrogen and oxygen atoms in total. The summed E-state index contributed by atoms with van der Waals surface area (Å²) in [6.07, 6.45) is 4.70. The van der Waals surface area contributed by atoms with E-state index in [0.29, 0.717) is 18.3 Å². The Labute approximate surface area is 122 Å². The number of rotatable bonds is 5. The van der Waals surface area contributed by atoms with Crippen LogP contribution in [0.15, 0.2) is 24.3 Å². The second-order valence-electron chi connectivity index (χ2n) is 6.08. The van der Waals surface area contributed by atoms with Crippen molar-refractivity contribution in [2.24, 2.45) is 5.92 Å². The smallest absolute Gasteiger partial charge is 0.115 e. The van der Waals surface area contributed by atoms with Crippen LogP contribution in [0.3, 0.4) is 0 Å². The van der Waals surface area contributed by atoms with E-state index in [4.69, 9.17) is 4.74 Å². The molecular weight excluding hydrogens is 250 g/mol. The Hall–Kier alpha value is -1.06. The van der Waals surface area contributed by atoms with Gasteiger partial charge >= 0.3 is 0 Å². The van der Waals surface area contributed by atoms with Crippen LogP contribution in [0.25, 0.3) is 0 Å². The maximum Gasteiger partial charge on any atom is 0.115 e. The number of phenolic OH excluding ortho intramolecular Hbond substituents is 1. The van der Waals surface area contributed by atoms with E-state index in [-0.39, 0.29) is 5.60 Å². The molecule has 3 heteroatoms. The Morgan fingerprint density at radius 1 is 1.35 bits per heavy atom. The summed E-state index contributed by atoms with van der Waals surface area (Å²) < 4.78 is 6.29. The van der Waals surface area contributed by atoms with Crippen LogP contribution in [0.4, 0.5) is 0 Å². The van der Waals surface area contributed by atoms with Crippen molar-refractivity contribution < 1.29 is 9.84 Å². The SMILES string of the molecule is CCOC1(c2cccc(O)c2)CCCCC1CN(C)C. The summed E-state index contributed by atoms with van der Waals surface area (Å²) in [4.78, 5) is 2.24. The minimum Gasteiger partial charge on any atom is -0.508 e. The summed E-state index contributed by atoms with van der Waals surface area (Å²) >= 11 is 0. The number of ether oxygens (including phenoxy) is 1. The van der Waals surface area contributed by atoms with Gasteiger partial charge in [-0.1, -0.05) is 25.0 Å². The molecule has 0 saturated heterocycles. The fraction of sp³-hybridized carbons (Fsp3) is 0.647. The van der Waals surface area contributed by atoms with Gasteiger partial charge in [0.2, 0.25) is 0 Å². The van der Waals surface area contributed by atoms with Gasteiger partial charge in [0.15, 0.2) is 0 Å². The summed E-state index contributed by atoms with van der Waals surface area (Å²) in [5.41, 5.74) is 0.890. The zero-order valence-corrected chi connectivity index (χ0v) is 12.9. The van der Waals surface area contributed by atoms with Crippen molar-refractivity contribution in [2.45, 2.75) is 38.2 Å². The fourth-order valence-corrected chi connectivity index (χ4v) is 3.58. The molecule has 20 heavy (non-hydrogen) atoms. The van der Waals surface area contributed by atoms with Gasteiger partial charge in [-0.25, -0.2) is 0 Å². The first kappa shape index (κ1) is 15.3. The lowest BCUT2D eigenvalue weighted by Crippen LogP contribution is -2.45. The Morgan fingerprint density at radius 3 is 2.80 bits per heavy atom. The number of aromatic hydroxyl groups is 1. The molecule has 0 spiro atoms. The summed E-state index contributed by atoms with van der Waals surface area (Å²) in [6, 6.07) is 7.63. The van der Waals surface area contributed by atoms with Crippen LogP contribution in [-0.4, -0.2) is 37.3 Å². The van der Waals surface area contributed by atoms with Gasteiger partial charge in [0, 0.05) is 19.1 Å². The maximum absolute atomic E-state index is 9.83. The molecule has 112 valence electrons. The average molecular weight is 277 g/mol. The first-order chi connectivity index (χ1) is 9.58. The van der Waals surface area contributed by atoms with Gasteiger partial charge in [-0.15, -0.1) is 0 Å². The molecule has 1 aromatic carbocycles. The molecule has 2 rings (SSSR count). The highest BCUT2D eigenvalue weighted by molar-refractivity contribution is 5.32. The van der Waals surface area contributed by atoms with E-state index in [9.17, 15) is 5.11 Å². The minimum absolute atomic E-state index is 0.240. The van der Waals surface area contributed by atoms with Crippen LogP contribution >= 0.6 is 0 Å². The van der Waals surface area contributed by atoms with Crippen molar-refractivity contribution in [3.05, 3.63) is 29.8 Å². The standard InChI is InChI=1S/C17H27NO2/c1-4-20-17(14-9-7-10-16(19)12-14)11-6-5-8-15(17)13-18(2)3/h7,9-10,12,15,19H,4-6,8,11,13H2,1-3H3. The molecule has 0 bridgehead atoms. The number of benzene rings is 1.